The summed E-state index contributed by atoms with van der Waals surface area (Å²) in [6, 6.07) is 15.4. The maximum Gasteiger partial charge on any atom is 0.258 e. The fraction of sp³-hybridized carbons (Fsp3) is 0.130. The first-order chi connectivity index (χ1) is 15.4. The molecule has 0 aliphatic rings. The number of ether oxygens (including phenoxy) is 1. The van der Waals surface area contributed by atoms with Crippen molar-refractivity contribution in [2.75, 3.05) is 17.7 Å². The van der Waals surface area contributed by atoms with E-state index in [1.54, 1.807) is 54.9 Å². The molecule has 164 valence electrons. The van der Waals surface area contributed by atoms with Crippen LogP contribution in [0.5, 0.6) is 5.75 Å². The summed E-state index contributed by atoms with van der Waals surface area (Å²) in [5, 5.41) is 9.01. The Morgan fingerprint density at radius 3 is 2.56 bits per heavy atom. The number of halogens is 1. The number of aliphatic imine (C=N–C) groups is 1. The van der Waals surface area contributed by atoms with Gasteiger partial charge in [-0.2, -0.15) is 0 Å². The molecule has 2 aromatic carbocycles. The molecule has 2 amide bonds. The average Bonchev–Trinajstić information content (AvgIpc) is 2.78. The normalized spacial score (nSPS) is 10.9. The number of amides is 2. The zero-order valence-corrected chi connectivity index (χ0v) is 18.3. The first-order valence-electron chi connectivity index (χ1n) is 9.67. The van der Waals surface area contributed by atoms with Crippen LogP contribution in [0.15, 0.2) is 72.0 Å². The highest BCUT2D eigenvalue weighted by atomic mass is 35.5. The molecule has 0 bridgehead atoms. The molecule has 3 rings (SSSR count). The fourth-order valence-corrected chi connectivity index (χ4v) is 2.97. The number of aromatic nitrogens is 1. The molecule has 9 heteroatoms. The molecule has 3 N–H and O–H groups in total. The predicted octanol–water partition coefficient (Wildman–Crippen LogP) is 4.10. The topological polar surface area (TPSA) is 105 Å². The molecule has 3 aromatic rings. The molecule has 32 heavy (non-hydrogen) atoms. The van der Waals surface area contributed by atoms with E-state index in [0.717, 1.165) is 5.56 Å². The molecular weight excluding hydrogens is 430 g/mol. The number of nitrogens with zero attached hydrogens (tertiary/aromatic N) is 2. The lowest BCUT2D eigenvalue weighted by Gasteiger charge is -2.15. The van der Waals surface area contributed by atoms with E-state index in [2.05, 4.69) is 25.9 Å². The summed E-state index contributed by atoms with van der Waals surface area (Å²) < 4.78 is 5.37. The molecule has 0 saturated heterocycles. The summed E-state index contributed by atoms with van der Waals surface area (Å²) in [5.74, 6) is 0.112. The third-order valence-electron chi connectivity index (χ3n) is 4.26. The predicted molar refractivity (Wildman–Crippen MR) is 125 cm³/mol. The highest BCUT2D eigenvalue weighted by Crippen LogP contribution is 2.27. The van der Waals surface area contributed by atoms with Crippen molar-refractivity contribution in [2.45, 2.75) is 13.5 Å². The molecule has 0 spiro atoms. The summed E-state index contributed by atoms with van der Waals surface area (Å²) in [4.78, 5) is 32.7. The van der Waals surface area contributed by atoms with E-state index < -0.39 is 5.91 Å². The van der Waals surface area contributed by atoms with Gasteiger partial charge in [-0.3, -0.25) is 19.9 Å². The van der Waals surface area contributed by atoms with Crippen LogP contribution in [0.3, 0.4) is 0 Å². The van der Waals surface area contributed by atoms with Crippen LogP contribution in [0, 0.1) is 0 Å². The standard InChI is InChI=1S/C23H22ClN5O3/c1-15(30)27-19-5-3-4-17(12-19)22(31)29-23(26-14-16-8-10-25-11-9-16)28-20-13-18(24)6-7-21(20)32-2/h3-13H,14H2,1-2H3,(H,27,30)(H2,26,28,29,31). The summed E-state index contributed by atoms with van der Waals surface area (Å²) in [6.07, 6.45) is 3.34. The van der Waals surface area contributed by atoms with Crippen LogP contribution in [0.25, 0.3) is 0 Å². The third-order valence-corrected chi connectivity index (χ3v) is 4.50. The lowest BCUT2D eigenvalue weighted by atomic mass is 10.2. The smallest absolute Gasteiger partial charge is 0.258 e. The van der Waals surface area contributed by atoms with Gasteiger partial charge in [0.2, 0.25) is 11.9 Å². The number of pyridine rings is 1. The van der Waals surface area contributed by atoms with Crippen molar-refractivity contribution >= 4 is 40.7 Å². The van der Waals surface area contributed by atoms with Gasteiger partial charge in [0.05, 0.1) is 19.3 Å². The molecule has 0 saturated carbocycles. The first kappa shape index (κ1) is 22.8. The molecule has 0 radical (unpaired) electrons. The second-order valence-electron chi connectivity index (χ2n) is 6.71. The second-order valence-corrected chi connectivity index (χ2v) is 7.14. The number of benzene rings is 2. The largest absolute Gasteiger partial charge is 0.495 e. The van der Waals surface area contributed by atoms with Gasteiger partial charge in [-0.15, -0.1) is 0 Å². The summed E-state index contributed by atoms with van der Waals surface area (Å²) >= 11 is 6.13. The number of anilines is 2. The van der Waals surface area contributed by atoms with Gasteiger partial charge in [0, 0.05) is 35.6 Å². The van der Waals surface area contributed by atoms with Gasteiger partial charge in [0.1, 0.15) is 5.75 Å². The quantitative estimate of drug-likeness (QED) is 0.386. The number of hydrogen-bond acceptors (Lipinski definition) is 5. The maximum absolute atomic E-state index is 12.9. The zero-order chi connectivity index (χ0) is 22.9. The lowest BCUT2D eigenvalue weighted by molar-refractivity contribution is -0.114. The van der Waals surface area contributed by atoms with Crippen LogP contribution in [0.1, 0.15) is 22.8 Å². The Labute approximate surface area is 190 Å². The van der Waals surface area contributed by atoms with Crippen LogP contribution in [-0.4, -0.2) is 29.9 Å². The molecule has 8 nitrogen and oxygen atoms in total. The number of carbonyl (C=O) groups is 2. The van der Waals surface area contributed by atoms with Crippen molar-refractivity contribution in [2.24, 2.45) is 4.99 Å². The maximum atomic E-state index is 12.9. The van der Waals surface area contributed by atoms with Crippen LogP contribution in [0.2, 0.25) is 5.02 Å². The fourth-order valence-electron chi connectivity index (χ4n) is 2.80. The summed E-state index contributed by atoms with van der Waals surface area (Å²) in [6.45, 7) is 1.71. The van der Waals surface area contributed by atoms with Crippen LogP contribution in [-0.2, 0) is 11.3 Å². The monoisotopic (exact) mass is 451 g/mol. The molecule has 0 fully saturated rings. The minimum absolute atomic E-state index is 0.206. The Morgan fingerprint density at radius 1 is 1.06 bits per heavy atom. The van der Waals surface area contributed by atoms with Crippen molar-refractivity contribution < 1.29 is 14.3 Å². The molecule has 1 aromatic heterocycles. The van der Waals surface area contributed by atoms with E-state index in [0.29, 0.717) is 34.3 Å². The number of carbonyl (C=O) groups excluding carboxylic acids is 2. The first-order valence-corrected chi connectivity index (χ1v) is 10.1. The Bertz CT molecular complexity index is 1140. The van der Waals surface area contributed by atoms with Crippen molar-refractivity contribution in [3.05, 3.63) is 83.1 Å². The van der Waals surface area contributed by atoms with Crippen LogP contribution >= 0.6 is 11.6 Å². The van der Waals surface area contributed by atoms with Gasteiger partial charge in [-0.05, 0) is 54.1 Å². The number of hydrogen-bond donors (Lipinski definition) is 3. The van der Waals surface area contributed by atoms with Gasteiger partial charge in [0.15, 0.2) is 0 Å². The molecular formula is C23H22ClN5O3. The van der Waals surface area contributed by atoms with Crippen LogP contribution in [0.4, 0.5) is 11.4 Å². The van der Waals surface area contributed by atoms with Gasteiger partial charge < -0.3 is 15.4 Å². The van der Waals surface area contributed by atoms with E-state index in [1.165, 1.54) is 14.0 Å². The number of rotatable bonds is 6. The van der Waals surface area contributed by atoms with Gasteiger partial charge in [-0.25, -0.2) is 4.99 Å². The minimum atomic E-state index is -0.404. The van der Waals surface area contributed by atoms with Gasteiger partial charge in [-0.1, -0.05) is 17.7 Å². The molecule has 0 aliphatic carbocycles. The highest BCUT2D eigenvalue weighted by Gasteiger charge is 2.13. The van der Waals surface area contributed by atoms with E-state index in [4.69, 9.17) is 16.3 Å². The van der Waals surface area contributed by atoms with E-state index >= 15 is 0 Å². The molecule has 0 atom stereocenters. The Hall–Kier alpha value is -3.91. The Kier molecular flexibility index (Phi) is 7.77. The minimum Gasteiger partial charge on any atom is -0.495 e. The second kappa shape index (κ2) is 10.9. The average molecular weight is 452 g/mol. The number of methoxy groups -OCH3 is 1. The van der Waals surface area contributed by atoms with E-state index in [1.807, 2.05) is 12.1 Å². The SMILES string of the molecule is COc1ccc(Cl)cc1NC(=NCc1ccncc1)NC(=O)c1cccc(NC(C)=O)c1. The molecule has 0 aliphatic heterocycles. The van der Waals surface area contributed by atoms with Crippen LogP contribution < -0.4 is 20.7 Å². The molecule has 0 unspecified atom stereocenters. The molecule has 1 heterocycles. The van der Waals surface area contributed by atoms with Crippen molar-refractivity contribution in [1.29, 1.82) is 0 Å². The zero-order valence-electron chi connectivity index (χ0n) is 17.6. The number of nitrogens with one attached hydrogen (secondary N) is 3. The van der Waals surface area contributed by atoms with Crippen molar-refractivity contribution in [3.63, 3.8) is 0 Å². The van der Waals surface area contributed by atoms with Gasteiger partial charge >= 0.3 is 0 Å². The van der Waals surface area contributed by atoms with Gasteiger partial charge in [0.25, 0.3) is 5.91 Å². The third kappa shape index (κ3) is 6.55. The van der Waals surface area contributed by atoms with E-state index in [-0.39, 0.29) is 11.9 Å². The Morgan fingerprint density at radius 2 is 1.84 bits per heavy atom. The highest BCUT2D eigenvalue weighted by molar-refractivity contribution is 6.31. The number of guanidine groups is 1. The van der Waals surface area contributed by atoms with Crippen molar-refractivity contribution in [1.82, 2.24) is 10.3 Å². The van der Waals surface area contributed by atoms with Crippen molar-refractivity contribution in [3.8, 4) is 5.75 Å². The van der Waals surface area contributed by atoms with E-state index in [9.17, 15) is 9.59 Å². The lowest BCUT2D eigenvalue weighted by Crippen LogP contribution is -2.36. The summed E-state index contributed by atoms with van der Waals surface area (Å²) in [5.41, 5.74) is 2.33. The summed E-state index contributed by atoms with van der Waals surface area (Å²) in [7, 11) is 1.54. The Balaban J connectivity index is 1.86.